The minimum atomic E-state index is -1.20. The highest BCUT2D eigenvalue weighted by molar-refractivity contribution is 6.28. The number of benzene rings is 1. The van der Waals surface area contributed by atoms with Crippen molar-refractivity contribution in [2.45, 2.75) is 0 Å². The molecule has 0 radical (unpaired) electrons. The summed E-state index contributed by atoms with van der Waals surface area (Å²) in [7, 11) is 0. The standard InChI is InChI=1S/C11H7ClFN3O2/c12-11-15-8(7(13)9(14)16-11)5-3-1-2-4-6(5)10(17)18/h1-4H,(H,17,18)(H2,14,15,16). The van der Waals surface area contributed by atoms with Crippen molar-refractivity contribution in [1.82, 2.24) is 9.97 Å². The number of halogens is 2. The molecule has 1 heterocycles. The summed E-state index contributed by atoms with van der Waals surface area (Å²) in [5.74, 6) is -2.52. The first-order chi connectivity index (χ1) is 8.50. The first kappa shape index (κ1) is 12.3. The molecule has 0 atom stereocenters. The minimum absolute atomic E-state index is 0.0921. The third kappa shape index (κ3) is 2.10. The largest absolute Gasteiger partial charge is 0.478 e. The first-order valence-electron chi connectivity index (χ1n) is 4.82. The number of carboxylic acids is 1. The van der Waals surface area contributed by atoms with Crippen LogP contribution in [0.4, 0.5) is 10.2 Å². The molecule has 0 bridgehead atoms. The van der Waals surface area contributed by atoms with Crippen LogP contribution in [0.5, 0.6) is 0 Å². The van der Waals surface area contributed by atoms with Crippen LogP contribution in [0.3, 0.4) is 0 Å². The maximum Gasteiger partial charge on any atom is 0.336 e. The van der Waals surface area contributed by atoms with E-state index in [-0.39, 0.29) is 22.1 Å². The second-order valence-corrected chi connectivity index (χ2v) is 3.73. The van der Waals surface area contributed by atoms with Crippen molar-refractivity contribution in [2.75, 3.05) is 5.73 Å². The van der Waals surface area contributed by atoms with Gasteiger partial charge >= 0.3 is 5.97 Å². The van der Waals surface area contributed by atoms with E-state index in [9.17, 15) is 9.18 Å². The Morgan fingerprint density at radius 2 is 2.00 bits per heavy atom. The Labute approximate surface area is 106 Å². The van der Waals surface area contributed by atoms with Gasteiger partial charge < -0.3 is 10.8 Å². The molecular formula is C11H7ClFN3O2. The summed E-state index contributed by atoms with van der Waals surface area (Å²) >= 11 is 5.59. The number of aromatic carboxylic acids is 1. The number of aromatic nitrogens is 2. The smallest absolute Gasteiger partial charge is 0.336 e. The summed E-state index contributed by atoms with van der Waals surface area (Å²) in [4.78, 5) is 18.2. The number of rotatable bonds is 2. The normalized spacial score (nSPS) is 10.3. The van der Waals surface area contributed by atoms with Gasteiger partial charge in [-0.05, 0) is 17.7 Å². The zero-order valence-electron chi connectivity index (χ0n) is 8.89. The number of carboxylic acid groups (broad SMARTS) is 1. The number of nitrogen functional groups attached to an aromatic ring is 1. The second kappa shape index (κ2) is 4.58. The molecule has 0 aliphatic carbocycles. The summed E-state index contributed by atoms with van der Waals surface area (Å²) in [6.45, 7) is 0. The molecule has 0 aliphatic heterocycles. The van der Waals surface area contributed by atoms with Crippen LogP contribution in [-0.2, 0) is 0 Å². The number of nitrogens with two attached hydrogens (primary N) is 1. The van der Waals surface area contributed by atoms with E-state index in [0.29, 0.717) is 0 Å². The molecule has 18 heavy (non-hydrogen) atoms. The molecule has 92 valence electrons. The van der Waals surface area contributed by atoms with Gasteiger partial charge in [0, 0.05) is 5.56 Å². The molecule has 0 saturated heterocycles. The lowest BCUT2D eigenvalue weighted by Crippen LogP contribution is -2.05. The maximum atomic E-state index is 13.8. The van der Waals surface area contributed by atoms with Crippen LogP contribution >= 0.6 is 11.6 Å². The average molecular weight is 268 g/mol. The number of anilines is 1. The molecule has 2 aromatic rings. The Morgan fingerprint density at radius 1 is 1.33 bits per heavy atom. The summed E-state index contributed by atoms with van der Waals surface area (Å²) < 4.78 is 13.8. The Kier molecular flexibility index (Phi) is 3.12. The van der Waals surface area contributed by atoms with Gasteiger partial charge in [0.25, 0.3) is 0 Å². The van der Waals surface area contributed by atoms with Crippen molar-refractivity contribution in [3.63, 3.8) is 0 Å². The molecule has 0 fully saturated rings. The molecule has 1 aromatic heterocycles. The SMILES string of the molecule is Nc1nc(Cl)nc(-c2ccccc2C(=O)O)c1F. The molecule has 7 heteroatoms. The lowest BCUT2D eigenvalue weighted by molar-refractivity contribution is 0.0697. The average Bonchev–Trinajstić information content (AvgIpc) is 2.33. The zero-order valence-corrected chi connectivity index (χ0v) is 9.65. The third-order valence-corrected chi connectivity index (χ3v) is 2.43. The van der Waals surface area contributed by atoms with E-state index in [1.165, 1.54) is 18.2 Å². The number of hydrogen-bond acceptors (Lipinski definition) is 4. The van der Waals surface area contributed by atoms with Gasteiger partial charge in [-0.3, -0.25) is 0 Å². The van der Waals surface area contributed by atoms with Crippen molar-refractivity contribution in [2.24, 2.45) is 0 Å². The topological polar surface area (TPSA) is 89.1 Å². The van der Waals surface area contributed by atoms with E-state index >= 15 is 0 Å². The quantitative estimate of drug-likeness (QED) is 0.815. The molecular weight excluding hydrogens is 261 g/mol. The Hall–Kier alpha value is -2.21. The van der Waals surface area contributed by atoms with Crippen molar-refractivity contribution in [3.8, 4) is 11.3 Å². The molecule has 0 saturated carbocycles. The van der Waals surface area contributed by atoms with Crippen molar-refractivity contribution in [3.05, 3.63) is 40.9 Å². The van der Waals surface area contributed by atoms with Gasteiger partial charge in [0.1, 0.15) is 5.69 Å². The fraction of sp³-hybridized carbons (Fsp3) is 0. The van der Waals surface area contributed by atoms with Crippen LogP contribution < -0.4 is 5.73 Å². The zero-order chi connectivity index (χ0) is 13.3. The van der Waals surface area contributed by atoms with Crippen LogP contribution in [0.1, 0.15) is 10.4 Å². The number of hydrogen-bond donors (Lipinski definition) is 2. The fourth-order valence-electron chi connectivity index (χ4n) is 1.49. The number of carbonyl (C=O) groups is 1. The van der Waals surface area contributed by atoms with E-state index in [1.807, 2.05) is 0 Å². The van der Waals surface area contributed by atoms with Gasteiger partial charge in [0.15, 0.2) is 11.6 Å². The monoisotopic (exact) mass is 267 g/mol. The van der Waals surface area contributed by atoms with Crippen LogP contribution in [-0.4, -0.2) is 21.0 Å². The van der Waals surface area contributed by atoms with Crippen molar-refractivity contribution < 1.29 is 14.3 Å². The van der Waals surface area contributed by atoms with E-state index in [1.54, 1.807) is 6.07 Å². The summed E-state index contributed by atoms with van der Waals surface area (Å²) in [6, 6.07) is 5.85. The Balaban J connectivity index is 2.73. The lowest BCUT2D eigenvalue weighted by Gasteiger charge is -2.07. The van der Waals surface area contributed by atoms with Crippen molar-refractivity contribution in [1.29, 1.82) is 0 Å². The Morgan fingerprint density at radius 3 is 2.67 bits per heavy atom. The molecule has 0 aliphatic rings. The van der Waals surface area contributed by atoms with Crippen LogP contribution in [0.2, 0.25) is 5.28 Å². The van der Waals surface area contributed by atoms with Gasteiger partial charge in [-0.2, -0.15) is 4.98 Å². The third-order valence-electron chi connectivity index (χ3n) is 2.26. The van der Waals surface area contributed by atoms with Gasteiger partial charge in [-0.25, -0.2) is 14.2 Å². The van der Waals surface area contributed by atoms with Gasteiger partial charge in [0.2, 0.25) is 5.28 Å². The second-order valence-electron chi connectivity index (χ2n) is 3.39. The molecule has 2 rings (SSSR count). The predicted octanol–water partition coefficient (Wildman–Crippen LogP) is 2.22. The van der Waals surface area contributed by atoms with E-state index < -0.39 is 17.6 Å². The maximum absolute atomic E-state index is 13.8. The van der Waals surface area contributed by atoms with Gasteiger partial charge in [-0.1, -0.05) is 18.2 Å². The molecule has 3 N–H and O–H groups in total. The highest BCUT2D eigenvalue weighted by Crippen LogP contribution is 2.27. The van der Waals surface area contributed by atoms with Crippen LogP contribution in [0.15, 0.2) is 24.3 Å². The highest BCUT2D eigenvalue weighted by atomic mass is 35.5. The summed E-state index contributed by atoms with van der Waals surface area (Å²) in [5.41, 5.74) is 5.10. The molecule has 0 amide bonds. The summed E-state index contributed by atoms with van der Waals surface area (Å²) in [5, 5.41) is 8.78. The van der Waals surface area contributed by atoms with E-state index in [2.05, 4.69) is 9.97 Å². The van der Waals surface area contributed by atoms with E-state index in [0.717, 1.165) is 0 Å². The molecule has 1 aromatic carbocycles. The lowest BCUT2D eigenvalue weighted by atomic mass is 10.0. The highest BCUT2D eigenvalue weighted by Gasteiger charge is 2.18. The molecule has 0 unspecified atom stereocenters. The van der Waals surface area contributed by atoms with Gasteiger partial charge in [0.05, 0.1) is 5.56 Å². The molecule has 0 spiro atoms. The van der Waals surface area contributed by atoms with Crippen LogP contribution in [0, 0.1) is 5.82 Å². The minimum Gasteiger partial charge on any atom is -0.478 e. The van der Waals surface area contributed by atoms with Gasteiger partial charge in [-0.15, -0.1) is 0 Å². The first-order valence-corrected chi connectivity index (χ1v) is 5.19. The number of nitrogens with zero attached hydrogens (tertiary/aromatic N) is 2. The summed E-state index contributed by atoms with van der Waals surface area (Å²) in [6.07, 6.45) is 0. The fourth-order valence-corrected chi connectivity index (χ4v) is 1.67. The van der Waals surface area contributed by atoms with Crippen molar-refractivity contribution >= 4 is 23.4 Å². The van der Waals surface area contributed by atoms with E-state index in [4.69, 9.17) is 22.4 Å². The molecule has 5 nitrogen and oxygen atoms in total. The predicted molar refractivity (Wildman–Crippen MR) is 63.8 cm³/mol. The Bertz CT molecular complexity index is 634. The van der Waals surface area contributed by atoms with Crippen LogP contribution in [0.25, 0.3) is 11.3 Å².